The van der Waals surface area contributed by atoms with Gasteiger partial charge in [0, 0.05) is 25.1 Å². The molecule has 0 unspecified atom stereocenters. The maximum Gasteiger partial charge on any atom is 0.410 e. The summed E-state index contributed by atoms with van der Waals surface area (Å²) in [5.74, 6) is 1.20. The van der Waals surface area contributed by atoms with Gasteiger partial charge in [0.15, 0.2) is 0 Å². The number of ether oxygens (including phenoxy) is 3. The Morgan fingerprint density at radius 3 is 2.59 bits per heavy atom. The van der Waals surface area contributed by atoms with Gasteiger partial charge in [-0.05, 0) is 83.6 Å². The Balaban J connectivity index is 1.44. The highest BCUT2D eigenvalue weighted by molar-refractivity contribution is 7.19. The normalized spacial score (nSPS) is 23.5. The second-order valence-corrected chi connectivity index (χ2v) is 11.8. The quantitative estimate of drug-likeness (QED) is 0.468. The molecule has 0 aromatic carbocycles. The number of methoxy groups -OCH3 is 1. The fourth-order valence-electron chi connectivity index (χ4n) is 5.30. The third-order valence-electron chi connectivity index (χ3n) is 7.18. The van der Waals surface area contributed by atoms with Gasteiger partial charge < -0.3 is 19.1 Å². The molecule has 4 rings (SSSR count). The second-order valence-electron chi connectivity index (χ2n) is 10.7. The van der Waals surface area contributed by atoms with Crippen molar-refractivity contribution in [2.75, 3.05) is 14.2 Å². The molecule has 2 aromatic heterocycles. The SMILES string of the molecule is CC[C@H](C[C@H]1CCc2sc3ncnc(OC4CCC(N(C)C(=O)OC(C)(C)C)CC4)c3c21)OC. The average molecular weight is 490 g/mol. The summed E-state index contributed by atoms with van der Waals surface area (Å²) in [6.45, 7) is 7.88. The van der Waals surface area contributed by atoms with Gasteiger partial charge in [0.1, 0.15) is 22.9 Å². The minimum Gasteiger partial charge on any atom is -0.474 e. The van der Waals surface area contributed by atoms with E-state index < -0.39 is 5.60 Å². The zero-order valence-electron chi connectivity index (χ0n) is 21.4. The molecule has 8 heteroatoms. The van der Waals surface area contributed by atoms with Crippen LogP contribution >= 0.6 is 11.3 Å². The van der Waals surface area contributed by atoms with Crippen LogP contribution in [0.4, 0.5) is 4.79 Å². The first-order valence-electron chi connectivity index (χ1n) is 12.6. The number of hydrogen-bond donors (Lipinski definition) is 0. The van der Waals surface area contributed by atoms with E-state index in [0.717, 1.165) is 67.5 Å². The van der Waals surface area contributed by atoms with Crippen LogP contribution in [0.5, 0.6) is 5.88 Å². The molecule has 0 aliphatic heterocycles. The number of aryl methyl sites for hydroxylation is 1. The van der Waals surface area contributed by atoms with E-state index >= 15 is 0 Å². The Kier molecular flexibility index (Phi) is 7.67. The van der Waals surface area contributed by atoms with E-state index in [1.165, 1.54) is 10.4 Å². The third-order valence-corrected chi connectivity index (χ3v) is 8.36. The fraction of sp³-hybridized carbons (Fsp3) is 0.731. The lowest BCUT2D eigenvalue weighted by Crippen LogP contribution is -2.43. The molecule has 0 spiro atoms. The number of nitrogens with zero attached hydrogens (tertiary/aromatic N) is 3. The van der Waals surface area contributed by atoms with Crippen molar-refractivity contribution in [3.05, 3.63) is 16.8 Å². The summed E-state index contributed by atoms with van der Waals surface area (Å²) >= 11 is 1.79. The van der Waals surface area contributed by atoms with E-state index in [2.05, 4.69) is 16.9 Å². The first kappa shape index (κ1) is 25.2. The van der Waals surface area contributed by atoms with Crippen LogP contribution in [0.2, 0.25) is 0 Å². The van der Waals surface area contributed by atoms with Crippen molar-refractivity contribution in [2.45, 2.75) is 109 Å². The summed E-state index contributed by atoms with van der Waals surface area (Å²) in [5, 5.41) is 1.11. The van der Waals surface area contributed by atoms with Crippen molar-refractivity contribution in [2.24, 2.45) is 0 Å². The molecule has 2 aliphatic rings. The third kappa shape index (κ3) is 5.48. The van der Waals surface area contributed by atoms with Gasteiger partial charge >= 0.3 is 6.09 Å². The van der Waals surface area contributed by atoms with Crippen molar-refractivity contribution >= 4 is 27.6 Å². The molecule has 1 saturated carbocycles. The van der Waals surface area contributed by atoms with E-state index in [1.807, 2.05) is 34.9 Å². The van der Waals surface area contributed by atoms with Crippen LogP contribution in [0.25, 0.3) is 10.2 Å². The summed E-state index contributed by atoms with van der Waals surface area (Å²) in [5.41, 5.74) is 0.910. The van der Waals surface area contributed by atoms with Gasteiger partial charge in [-0.3, -0.25) is 0 Å². The molecule has 7 nitrogen and oxygen atoms in total. The number of amides is 1. The lowest BCUT2D eigenvalue weighted by atomic mass is 9.92. The Bertz CT molecular complexity index is 990. The van der Waals surface area contributed by atoms with E-state index in [1.54, 1.807) is 22.6 Å². The van der Waals surface area contributed by atoms with Crippen molar-refractivity contribution in [3.8, 4) is 5.88 Å². The molecule has 188 valence electrons. The van der Waals surface area contributed by atoms with Gasteiger partial charge in [0.25, 0.3) is 0 Å². The van der Waals surface area contributed by atoms with Crippen molar-refractivity contribution in [1.29, 1.82) is 0 Å². The van der Waals surface area contributed by atoms with Gasteiger partial charge in [0.2, 0.25) is 5.88 Å². The van der Waals surface area contributed by atoms with E-state index in [-0.39, 0.29) is 24.3 Å². The molecule has 2 aliphatic carbocycles. The zero-order valence-corrected chi connectivity index (χ0v) is 22.2. The summed E-state index contributed by atoms with van der Waals surface area (Å²) in [6, 6.07) is 0.176. The molecule has 2 aromatic rings. The maximum atomic E-state index is 12.5. The fourth-order valence-corrected chi connectivity index (χ4v) is 6.53. The van der Waals surface area contributed by atoms with E-state index in [4.69, 9.17) is 14.2 Å². The number of fused-ring (bicyclic) bond motifs is 3. The van der Waals surface area contributed by atoms with Crippen molar-refractivity contribution in [1.82, 2.24) is 14.9 Å². The van der Waals surface area contributed by atoms with Crippen LogP contribution in [-0.4, -0.2) is 59.0 Å². The molecule has 0 bridgehead atoms. The highest BCUT2D eigenvalue weighted by Gasteiger charge is 2.34. The molecule has 0 radical (unpaired) electrons. The Hall–Kier alpha value is -1.93. The molecule has 1 amide bonds. The van der Waals surface area contributed by atoms with Crippen LogP contribution in [0.3, 0.4) is 0 Å². The van der Waals surface area contributed by atoms with Gasteiger partial charge in [-0.1, -0.05) is 6.92 Å². The van der Waals surface area contributed by atoms with Crippen LogP contribution in [0, 0.1) is 0 Å². The zero-order chi connectivity index (χ0) is 24.5. The highest BCUT2D eigenvalue weighted by Crippen LogP contribution is 2.48. The van der Waals surface area contributed by atoms with Crippen molar-refractivity contribution in [3.63, 3.8) is 0 Å². The lowest BCUT2D eigenvalue weighted by molar-refractivity contribution is 0.0138. The predicted octanol–water partition coefficient (Wildman–Crippen LogP) is 6.09. The molecule has 0 N–H and O–H groups in total. The molecular formula is C26H39N3O4S. The van der Waals surface area contributed by atoms with Crippen molar-refractivity contribution < 1.29 is 19.0 Å². The molecule has 34 heavy (non-hydrogen) atoms. The highest BCUT2D eigenvalue weighted by atomic mass is 32.1. The first-order chi connectivity index (χ1) is 16.2. The summed E-state index contributed by atoms with van der Waals surface area (Å²) in [6.07, 6.45) is 9.62. The van der Waals surface area contributed by atoms with Crippen LogP contribution in [-0.2, 0) is 15.9 Å². The second kappa shape index (κ2) is 10.4. The first-order valence-corrected chi connectivity index (χ1v) is 13.4. The number of thiophene rings is 1. The monoisotopic (exact) mass is 489 g/mol. The number of rotatable bonds is 7. The molecule has 1 fully saturated rings. The minimum absolute atomic E-state index is 0.0964. The number of carbonyl (C=O) groups is 1. The Morgan fingerprint density at radius 1 is 1.21 bits per heavy atom. The Morgan fingerprint density at radius 2 is 1.94 bits per heavy atom. The average Bonchev–Trinajstić information content (AvgIpc) is 3.36. The summed E-state index contributed by atoms with van der Waals surface area (Å²) < 4.78 is 17.8. The predicted molar refractivity (Wildman–Crippen MR) is 135 cm³/mol. The minimum atomic E-state index is -0.483. The molecule has 0 saturated heterocycles. The van der Waals surface area contributed by atoms with Crippen LogP contribution in [0.15, 0.2) is 6.33 Å². The maximum absolute atomic E-state index is 12.5. The van der Waals surface area contributed by atoms with Gasteiger partial charge in [0.05, 0.1) is 11.5 Å². The lowest BCUT2D eigenvalue weighted by Gasteiger charge is -2.35. The number of hydrogen-bond acceptors (Lipinski definition) is 7. The standard InChI is InChI=1S/C26H39N3O4S/c1-7-18(31-6)14-16-8-13-20-21(16)22-23(27-15-28-24(22)34-20)32-19-11-9-17(10-12-19)29(5)25(30)33-26(2,3)4/h15-19H,7-14H2,1-6H3/t16-,17?,18-,19?/m1/s1. The molecular weight excluding hydrogens is 450 g/mol. The van der Waals surface area contributed by atoms with Gasteiger partial charge in [-0.25, -0.2) is 14.8 Å². The smallest absolute Gasteiger partial charge is 0.410 e. The number of carbonyl (C=O) groups excluding carboxylic acids is 1. The van der Waals surface area contributed by atoms with Gasteiger partial charge in [-0.15, -0.1) is 11.3 Å². The van der Waals surface area contributed by atoms with Crippen LogP contribution in [0.1, 0.15) is 89.0 Å². The Labute approximate surface area is 207 Å². The van der Waals surface area contributed by atoms with E-state index in [0.29, 0.717) is 5.92 Å². The topological polar surface area (TPSA) is 73.8 Å². The molecule has 2 atom stereocenters. The largest absolute Gasteiger partial charge is 0.474 e. The number of aromatic nitrogens is 2. The summed E-state index contributed by atoms with van der Waals surface area (Å²) in [4.78, 5) is 25.8. The van der Waals surface area contributed by atoms with E-state index in [9.17, 15) is 4.79 Å². The summed E-state index contributed by atoms with van der Waals surface area (Å²) in [7, 11) is 3.65. The molecule has 2 heterocycles. The van der Waals surface area contributed by atoms with Crippen LogP contribution < -0.4 is 4.74 Å². The van der Waals surface area contributed by atoms with Gasteiger partial charge in [-0.2, -0.15) is 0 Å².